The second-order valence-corrected chi connectivity index (χ2v) is 5.98. The van der Waals surface area contributed by atoms with Crippen molar-refractivity contribution in [2.75, 3.05) is 7.05 Å². The van der Waals surface area contributed by atoms with Crippen molar-refractivity contribution < 1.29 is 9.59 Å². The molecule has 2 atom stereocenters. The molecule has 0 radical (unpaired) electrons. The molecule has 0 aromatic carbocycles. The number of hydrogen-bond donors (Lipinski definition) is 1. The molecule has 1 fully saturated rings. The number of carbonyl (C=O) groups is 2. The summed E-state index contributed by atoms with van der Waals surface area (Å²) in [7, 11) is 1.76. The van der Waals surface area contributed by atoms with E-state index in [9.17, 15) is 9.59 Å². The highest BCUT2D eigenvalue weighted by Crippen LogP contribution is 2.31. The lowest BCUT2D eigenvalue weighted by atomic mass is 10.0. The second-order valence-electron chi connectivity index (χ2n) is 5.98. The minimum Gasteiger partial charge on any atom is -0.346 e. The Morgan fingerprint density at radius 2 is 2.21 bits per heavy atom. The Morgan fingerprint density at radius 1 is 1.42 bits per heavy atom. The number of nitrogens with zero attached hydrogens (tertiary/aromatic N) is 4. The summed E-state index contributed by atoms with van der Waals surface area (Å²) in [6.07, 6.45) is 5.28. The summed E-state index contributed by atoms with van der Waals surface area (Å²) >= 11 is 0. The molecule has 2 aromatic heterocycles. The Bertz CT molecular complexity index is 756. The Morgan fingerprint density at radius 3 is 2.83 bits per heavy atom. The number of nitrogens with one attached hydrogen (secondary N) is 1. The lowest BCUT2D eigenvalue weighted by Crippen LogP contribution is -2.39. The Kier molecular flexibility index (Phi) is 4.33. The fourth-order valence-electron chi connectivity index (χ4n) is 3.24. The minimum absolute atomic E-state index is 0.00938. The number of carbonyl (C=O) groups excluding carboxylic acids is 2. The lowest BCUT2D eigenvalue weighted by molar-refractivity contribution is -0.127. The molecule has 24 heavy (non-hydrogen) atoms. The maximum atomic E-state index is 12.6. The van der Waals surface area contributed by atoms with Crippen LogP contribution >= 0.6 is 0 Å². The zero-order valence-corrected chi connectivity index (χ0v) is 14.1. The standard InChI is InChI=1S/C17H21N5O2/c1-4-22-11(2)13(10-19-22)17(24)20-14-8-15(23)21(3)16(14)12-6-5-7-18-9-12/h5-7,9-10,14,16H,4,8H2,1-3H3,(H,20,24)/t14-,16+/m1/s1. The van der Waals surface area contributed by atoms with Gasteiger partial charge in [-0.1, -0.05) is 6.07 Å². The van der Waals surface area contributed by atoms with Gasteiger partial charge in [0.25, 0.3) is 5.91 Å². The molecule has 0 saturated carbocycles. The average molecular weight is 327 g/mol. The van der Waals surface area contributed by atoms with Crippen LogP contribution in [0.15, 0.2) is 30.7 Å². The highest BCUT2D eigenvalue weighted by molar-refractivity contribution is 5.96. The molecule has 1 aliphatic rings. The Labute approximate surface area is 140 Å². The average Bonchev–Trinajstić information content (AvgIpc) is 3.08. The Hall–Kier alpha value is -2.70. The van der Waals surface area contributed by atoms with Crippen molar-refractivity contribution in [1.29, 1.82) is 0 Å². The van der Waals surface area contributed by atoms with Crippen LogP contribution in [0.3, 0.4) is 0 Å². The zero-order valence-electron chi connectivity index (χ0n) is 14.1. The van der Waals surface area contributed by atoms with Crippen LogP contribution in [0.2, 0.25) is 0 Å². The van der Waals surface area contributed by atoms with Gasteiger partial charge in [0.2, 0.25) is 5.91 Å². The number of aromatic nitrogens is 3. The molecule has 7 heteroatoms. The van der Waals surface area contributed by atoms with E-state index in [1.165, 1.54) is 0 Å². The largest absolute Gasteiger partial charge is 0.346 e. The SMILES string of the molecule is CCn1ncc(C(=O)N[C@@H]2CC(=O)N(C)[C@H]2c2cccnc2)c1C. The van der Waals surface area contributed by atoms with Gasteiger partial charge in [0, 0.05) is 38.1 Å². The third-order valence-electron chi connectivity index (χ3n) is 4.58. The van der Waals surface area contributed by atoms with E-state index in [0.717, 1.165) is 11.3 Å². The third-order valence-corrected chi connectivity index (χ3v) is 4.58. The van der Waals surface area contributed by atoms with E-state index in [1.807, 2.05) is 26.0 Å². The van der Waals surface area contributed by atoms with Crippen molar-refractivity contribution in [3.05, 3.63) is 47.5 Å². The van der Waals surface area contributed by atoms with Crippen LogP contribution in [-0.4, -0.2) is 44.6 Å². The first-order valence-corrected chi connectivity index (χ1v) is 8.01. The monoisotopic (exact) mass is 327 g/mol. The molecule has 7 nitrogen and oxygen atoms in total. The van der Waals surface area contributed by atoms with E-state index < -0.39 is 0 Å². The predicted molar refractivity (Wildman–Crippen MR) is 88.3 cm³/mol. The van der Waals surface area contributed by atoms with E-state index in [1.54, 1.807) is 35.2 Å². The van der Waals surface area contributed by atoms with Crippen LogP contribution in [0.1, 0.15) is 41.0 Å². The molecule has 0 spiro atoms. The van der Waals surface area contributed by atoms with Crippen molar-refractivity contribution in [1.82, 2.24) is 25.0 Å². The van der Waals surface area contributed by atoms with Gasteiger partial charge in [-0.3, -0.25) is 19.3 Å². The number of pyridine rings is 1. The summed E-state index contributed by atoms with van der Waals surface area (Å²) in [6.45, 7) is 4.56. The van der Waals surface area contributed by atoms with Gasteiger partial charge < -0.3 is 10.2 Å². The van der Waals surface area contributed by atoms with Crippen LogP contribution in [0.25, 0.3) is 0 Å². The highest BCUT2D eigenvalue weighted by atomic mass is 16.2. The number of likely N-dealkylation sites (tertiary alicyclic amines) is 1. The van der Waals surface area contributed by atoms with Crippen LogP contribution in [0.4, 0.5) is 0 Å². The fraction of sp³-hybridized carbons (Fsp3) is 0.412. The first-order valence-electron chi connectivity index (χ1n) is 8.01. The van der Waals surface area contributed by atoms with Gasteiger partial charge in [0.1, 0.15) is 0 Å². The van der Waals surface area contributed by atoms with Gasteiger partial charge >= 0.3 is 0 Å². The van der Waals surface area contributed by atoms with E-state index in [0.29, 0.717) is 12.1 Å². The molecule has 126 valence electrons. The summed E-state index contributed by atoms with van der Waals surface area (Å²) in [4.78, 5) is 30.6. The molecule has 0 unspecified atom stereocenters. The molecule has 1 aliphatic heterocycles. The van der Waals surface area contributed by atoms with Gasteiger partial charge in [0.05, 0.1) is 23.8 Å². The molecule has 2 aromatic rings. The van der Waals surface area contributed by atoms with Gasteiger partial charge in [0.15, 0.2) is 0 Å². The van der Waals surface area contributed by atoms with Crippen molar-refractivity contribution in [2.24, 2.45) is 0 Å². The van der Waals surface area contributed by atoms with E-state index in [-0.39, 0.29) is 30.3 Å². The van der Waals surface area contributed by atoms with E-state index >= 15 is 0 Å². The number of amides is 2. The molecule has 2 amide bonds. The first-order chi connectivity index (χ1) is 11.5. The molecule has 1 saturated heterocycles. The van der Waals surface area contributed by atoms with E-state index in [4.69, 9.17) is 0 Å². The van der Waals surface area contributed by atoms with Gasteiger partial charge in [-0.05, 0) is 25.5 Å². The third kappa shape index (κ3) is 2.77. The topological polar surface area (TPSA) is 80.1 Å². The van der Waals surface area contributed by atoms with Crippen molar-refractivity contribution >= 4 is 11.8 Å². The molecule has 3 rings (SSSR count). The zero-order chi connectivity index (χ0) is 17.3. The van der Waals surface area contributed by atoms with Crippen LogP contribution < -0.4 is 5.32 Å². The number of aryl methyl sites for hydroxylation is 1. The number of rotatable bonds is 4. The summed E-state index contributed by atoms with van der Waals surface area (Å²) in [5.41, 5.74) is 2.28. The maximum absolute atomic E-state index is 12.6. The molecule has 0 aliphatic carbocycles. The lowest BCUT2D eigenvalue weighted by Gasteiger charge is -2.25. The summed E-state index contributed by atoms with van der Waals surface area (Å²) in [5.74, 6) is -0.190. The van der Waals surface area contributed by atoms with Crippen LogP contribution in [0.5, 0.6) is 0 Å². The first kappa shape index (κ1) is 16.2. The van der Waals surface area contributed by atoms with Gasteiger partial charge in [-0.2, -0.15) is 5.10 Å². The summed E-state index contributed by atoms with van der Waals surface area (Å²) < 4.78 is 1.78. The molecule has 0 bridgehead atoms. The quantitative estimate of drug-likeness (QED) is 0.918. The maximum Gasteiger partial charge on any atom is 0.255 e. The van der Waals surface area contributed by atoms with Gasteiger partial charge in [-0.15, -0.1) is 0 Å². The van der Waals surface area contributed by atoms with Crippen molar-refractivity contribution in [2.45, 2.75) is 38.9 Å². The number of hydrogen-bond acceptors (Lipinski definition) is 4. The fourth-order valence-corrected chi connectivity index (χ4v) is 3.24. The summed E-state index contributed by atoms with van der Waals surface area (Å²) in [5, 5.41) is 7.21. The molecular weight excluding hydrogens is 306 g/mol. The van der Waals surface area contributed by atoms with Crippen LogP contribution in [-0.2, 0) is 11.3 Å². The normalized spacial score (nSPS) is 20.5. The Balaban J connectivity index is 1.83. The minimum atomic E-state index is -0.288. The second kappa shape index (κ2) is 6.43. The van der Waals surface area contributed by atoms with Gasteiger partial charge in [-0.25, -0.2) is 0 Å². The predicted octanol–water partition coefficient (Wildman–Crippen LogP) is 1.31. The van der Waals surface area contributed by atoms with E-state index in [2.05, 4.69) is 15.4 Å². The highest BCUT2D eigenvalue weighted by Gasteiger charge is 2.39. The van der Waals surface area contributed by atoms with Crippen molar-refractivity contribution in [3.8, 4) is 0 Å². The molecule has 3 heterocycles. The number of likely N-dealkylation sites (N-methyl/N-ethyl adjacent to an activating group) is 1. The molecular formula is C17H21N5O2. The molecule has 1 N–H and O–H groups in total. The van der Waals surface area contributed by atoms with Crippen molar-refractivity contribution in [3.63, 3.8) is 0 Å². The van der Waals surface area contributed by atoms with Crippen LogP contribution in [0, 0.1) is 6.92 Å². The smallest absolute Gasteiger partial charge is 0.255 e. The summed E-state index contributed by atoms with van der Waals surface area (Å²) in [6, 6.07) is 3.26.